The zero-order chi connectivity index (χ0) is 16.9. The zero-order valence-corrected chi connectivity index (χ0v) is 15.6. The standard InChI is InChI=1S/C19H30N2OS/c1-18(2)13-15(14-19(3,4)21-18)20-17(22)11-8-12-23-16-9-6-5-7-10-16/h5-7,9-10,15,21H,8,11-14H2,1-4H3,(H,20,22). The second-order valence-electron chi connectivity index (χ2n) is 7.83. The second kappa shape index (κ2) is 7.71. The van der Waals surface area contributed by atoms with Crippen LogP contribution in [0.25, 0.3) is 0 Å². The summed E-state index contributed by atoms with van der Waals surface area (Å²) in [5, 5.41) is 6.89. The van der Waals surface area contributed by atoms with E-state index in [2.05, 4.69) is 62.6 Å². The Morgan fingerprint density at radius 3 is 2.39 bits per heavy atom. The molecule has 1 amide bonds. The Morgan fingerprint density at radius 1 is 1.17 bits per heavy atom. The van der Waals surface area contributed by atoms with Crippen molar-refractivity contribution in [2.75, 3.05) is 5.75 Å². The molecule has 23 heavy (non-hydrogen) atoms. The highest BCUT2D eigenvalue weighted by Crippen LogP contribution is 2.28. The summed E-state index contributed by atoms with van der Waals surface area (Å²) < 4.78 is 0. The number of amides is 1. The molecule has 0 aliphatic carbocycles. The van der Waals surface area contributed by atoms with Crippen molar-refractivity contribution in [1.29, 1.82) is 0 Å². The fraction of sp³-hybridized carbons (Fsp3) is 0.632. The van der Waals surface area contributed by atoms with Crippen LogP contribution in [0.2, 0.25) is 0 Å². The number of thioether (sulfide) groups is 1. The summed E-state index contributed by atoms with van der Waals surface area (Å²) in [6.07, 6.45) is 3.51. The van der Waals surface area contributed by atoms with E-state index in [1.807, 2.05) is 17.8 Å². The van der Waals surface area contributed by atoms with Crippen LogP contribution in [0.15, 0.2) is 35.2 Å². The molecule has 0 saturated carbocycles. The van der Waals surface area contributed by atoms with E-state index >= 15 is 0 Å². The van der Waals surface area contributed by atoms with Crippen LogP contribution >= 0.6 is 11.8 Å². The van der Waals surface area contributed by atoms with E-state index in [1.165, 1.54) is 4.90 Å². The number of hydrogen-bond acceptors (Lipinski definition) is 3. The van der Waals surface area contributed by atoms with Gasteiger partial charge in [-0.25, -0.2) is 0 Å². The van der Waals surface area contributed by atoms with Crippen molar-refractivity contribution in [3.05, 3.63) is 30.3 Å². The summed E-state index contributed by atoms with van der Waals surface area (Å²) in [7, 11) is 0. The number of carbonyl (C=O) groups excluding carboxylic acids is 1. The quantitative estimate of drug-likeness (QED) is 0.610. The van der Waals surface area contributed by atoms with Crippen molar-refractivity contribution in [3.63, 3.8) is 0 Å². The zero-order valence-electron chi connectivity index (χ0n) is 14.8. The highest BCUT2D eigenvalue weighted by atomic mass is 32.2. The summed E-state index contributed by atoms with van der Waals surface area (Å²) in [4.78, 5) is 13.5. The maximum Gasteiger partial charge on any atom is 0.220 e. The molecule has 1 aliphatic rings. The van der Waals surface area contributed by atoms with Gasteiger partial charge in [-0.15, -0.1) is 11.8 Å². The fourth-order valence-corrected chi connectivity index (χ4v) is 4.54. The predicted octanol–water partition coefficient (Wildman–Crippen LogP) is 3.98. The van der Waals surface area contributed by atoms with Crippen molar-refractivity contribution in [1.82, 2.24) is 10.6 Å². The first kappa shape index (κ1) is 18.3. The molecule has 128 valence electrons. The molecule has 1 saturated heterocycles. The Kier molecular flexibility index (Phi) is 6.15. The van der Waals surface area contributed by atoms with Crippen LogP contribution in [0.1, 0.15) is 53.4 Å². The van der Waals surface area contributed by atoms with Crippen molar-refractivity contribution >= 4 is 17.7 Å². The van der Waals surface area contributed by atoms with Crippen LogP contribution < -0.4 is 10.6 Å². The van der Waals surface area contributed by atoms with Gasteiger partial charge in [0.2, 0.25) is 5.91 Å². The molecule has 0 spiro atoms. The third kappa shape index (κ3) is 6.56. The van der Waals surface area contributed by atoms with E-state index in [4.69, 9.17) is 0 Å². The average Bonchev–Trinajstić information content (AvgIpc) is 2.41. The molecule has 1 aromatic rings. The first-order chi connectivity index (χ1) is 10.8. The smallest absolute Gasteiger partial charge is 0.220 e. The molecule has 3 nitrogen and oxygen atoms in total. The first-order valence-corrected chi connectivity index (χ1v) is 9.51. The molecular formula is C19H30N2OS. The molecule has 1 aliphatic heterocycles. The maximum atomic E-state index is 12.2. The lowest BCUT2D eigenvalue weighted by atomic mass is 9.79. The normalized spacial score (nSPS) is 20.2. The van der Waals surface area contributed by atoms with Crippen LogP contribution in [-0.4, -0.2) is 28.8 Å². The van der Waals surface area contributed by atoms with Gasteiger partial charge in [0.15, 0.2) is 0 Å². The molecule has 0 radical (unpaired) electrons. The highest BCUT2D eigenvalue weighted by molar-refractivity contribution is 7.99. The van der Waals surface area contributed by atoms with Gasteiger partial charge in [0, 0.05) is 28.4 Å². The second-order valence-corrected chi connectivity index (χ2v) is 9.00. The minimum Gasteiger partial charge on any atom is -0.353 e. The number of nitrogens with one attached hydrogen (secondary N) is 2. The summed E-state index contributed by atoms with van der Waals surface area (Å²) in [5.41, 5.74) is 0.145. The van der Waals surface area contributed by atoms with Gasteiger partial charge in [0.1, 0.15) is 0 Å². The number of benzene rings is 1. The number of carbonyl (C=O) groups is 1. The van der Waals surface area contributed by atoms with Gasteiger partial charge in [0.25, 0.3) is 0 Å². The first-order valence-electron chi connectivity index (χ1n) is 8.52. The molecule has 0 unspecified atom stereocenters. The average molecular weight is 335 g/mol. The van der Waals surface area contributed by atoms with E-state index in [0.717, 1.165) is 25.0 Å². The Balaban J connectivity index is 1.70. The Hall–Kier alpha value is -1.00. The van der Waals surface area contributed by atoms with Gasteiger partial charge >= 0.3 is 0 Å². The predicted molar refractivity (Wildman–Crippen MR) is 98.9 cm³/mol. The maximum absolute atomic E-state index is 12.2. The largest absolute Gasteiger partial charge is 0.353 e. The van der Waals surface area contributed by atoms with Crippen molar-refractivity contribution < 1.29 is 4.79 Å². The third-order valence-corrected chi connectivity index (χ3v) is 5.21. The minimum atomic E-state index is 0.0723. The van der Waals surface area contributed by atoms with Crippen LogP contribution in [0.5, 0.6) is 0 Å². The Bertz CT molecular complexity index is 497. The molecule has 0 aromatic heterocycles. The molecule has 0 atom stereocenters. The highest BCUT2D eigenvalue weighted by Gasteiger charge is 2.37. The van der Waals surface area contributed by atoms with E-state index in [0.29, 0.717) is 6.42 Å². The monoisotopic (exact) mass is 334 g/mol. The van der Waals surface area contributed by atoms with Gasteiger partial charge in [-0.05, 0) is 64.8 Å². The molecule has 1 heterocycles. The van der Waals surface area contributed by atoms with Gasteiger partial charge in [0.05, 0.1) is 0 Å². The molecule has 1 fully saturated rings. The number of piperidine rings is 1. The van der Waals surface area contributed by atoms with Gasteiger partial charge < -0.3 is 10.6 Å². The summed E-state index contributed by atoms with van der Waals surface area (Å²) >= 11 is 1.82. The summed E-state index contributed by atoms with van der Waals surface area (Å²) in [6.45, 7) is 8.85. The molecule has 2 rings (SSSR count). The lowest BCUT2D eigenvalue weighted by Crippen LogP contribution is -2.62. The van der Waals surface area contributed by atoms with Crippen LogP contribution in [0, 0.1) is 0 Å². The van der Waals surface area contributed by atoms with E-state index in [9.17, 15) is 4.79 Å². The lowest BCUT2D eigenvalue weighted by Gasteiger charge is -2.46. The molecule has 2 N–H and O–H groups in total. The summed E-state index contributed by atoms with van der Waals surface area (Å²) in [6, 6.07) is 10.6. The molecule has 4 heteroatoms. The molecule has 0 bridgehead atoms. The molecule has 1 aromatic carbocycles. The Morgan fingerprint density at radius 2 is 1.78 bits per heavy atom. The summed E-state index contributed by atoms with van der Waals surface area (Å²) in [5.74, 6) is 1.18. The topological polar surface area (TPSA) is 41.1 Å². The van der Waals surface area contributed by atoms with Crippen molar-refractivity contribution in [2.24, 2.45) is 0 Å². The van der Waals surface area contributed by atoms with E-state index in [1.54, 1.807) is 0 Å². The van der Waals surface area contributed by atoms with E-state index < -0.39 is 0 Å². The van der Waals surface area contributed by atoms with E-state index in [-0.39, 0.29) is 23.0 Å². The van der Waals surface area contributed by atoms with Gasteiger partial charge in [-0.2, -0.15) is 0 Å². The van der Waals surface area contributed by atoms with Gasteiger partial charge in [-0.1, -0.05) is 18.2 Å². The Labute approximate surface area is 145 Å². The SMILES string of the molecule is CC1(C)CC(NC(=O)CCCSc2ccccc2)CC(C)(C)N1. The third-order valence-electron chi connectivity index (χ3n) is 4.12. The molecular weight excluding hydrogens is 304 g/mol. The number of rotatable bonds is 6. The minimum absolute atomic E-state index is 0.0723. The van der Waals surface area contributed by atoms with Gasteiger partial charge in [-0.3, -0.25) is 4.79 Å². The fourth-order valence-electron chi connectivity index (χ4n) is 3.66. The van der Waals surface area contributed by atoms with Crippen molar-refractivity contribution in [2.45, 2.75) is 75.4 Å². The van der Waals surface area contributed by atoms with Crippen LogP contribution in [0.4, 0.5) is 0 Å². The van der Waals surface area contributed by atoms with Crippen LogP contribution in [0.3, 0.4) is 0 Å². The van der Waals surface area contributed by atoms with Crippen LogP contribution in [-0.2, 0) is 4.79 Å². The van der Waals surface area contributed by atoms with Crippen molar-refractivity contribution in [3.8, 4) is 0 Å². The lowest BCUT2D eigenvalue weighted by molar-refractivity contribution is -0.122. The number of hydrogen-bond donors (Lipinski definition) is 2.